The van der Waals surface area contributed by atoms with Crippen molar-refractivity contribution in [2.75, 3.05) is 11.1 Å². The third-order valence-corrected chi connectivity index (χ3v) is 2.94. The number of anilines is 2. The smallest absolute Gasteiger partial charge is 0.248 e. The van der Waals surface area contributed by atoms with E-state index in [0.717, 1.165) is 5.75 Å². The van der Waals surface area contributed by atoms with Crippen LogP contribution in [0.4, 0.5) is 15.8 Å². The molecular weight excluding hydrogens is 295 g/mol. The molecule has 0 unspecified atom stereocenters. The molecular formula is C18H19FN2O2. The first-order chi connectivity index (χ1) is 10.9. The molecule has 2 rings (SSSR count). The van der Waals surface area contributed by atoms with Crippen molar-refractivity contribution in [1.29, 1.82) is 0 Å². The van der Waals surface area contributed by atoms with Crippen molar-refractivity contribution >= 4 is 23.4 Å². The Kier molecular flexibility index (Phi) is 5.36. The largest absolute Gasteiger partial charge is 0.491 e. The van der Waals surface area contributed by atoms with Crippen molar-refractivity contribution in [3.8, 4) is 5.75 Å². The van der Waals surface area contributed by atoms with E-state index in [2.05, 4.69) is 5.32 Å². The fourth-order valence-corrected chi connectivity index (χ4v) is 1.91. The molecule has 23 heavy (non-hydrogen) atoms. The molecule has 3 N–H and O–H groups in total. The first-order valence-corrected chi connectivity index (χ1v) is 7.25. The fraction of sp³-hybridized carbons (Fsp3) is 0.167. The molecule has 2 aromatic rings. The van der Waals surface area contributed by atoms with Crippen LogP contribution in [0.2, 0.25) is 0 Å². The number of ether oxygens (including phenoxy) is 1. The molecule has 0 aliphatic rings. The van der Waals surface area contributed by atoms with E-state index in [1.165, 1.54) is 18.2 Å². The van der Waals surface area contributed by atoms with Gasteiger partial charge in [0, 0.05) is 11.8 Å². The molecule has 0 aromatic heterocycles. The van der Waals surface area contributed by atoms with Crippen molar-refractivity contribution < 1.29 is 13.9 Å². The highest BCUT2D eigenvalue weighted by atomic mass is 19.1. The summed E-state index contributed by atoms with van der Waals surface area (Å²) in [6.07, 6.45) is 3.04. The average molecular weight is 314 g/mol. The minimum atomic E-state index is -0.477. The normalized spacial score (nSPS) is 11.0. The van der Waals surface area contributed by atoms with Crippen molar-refractivity contribution in [2.24, 2.45) is 0 Å². The Morgan fingerprint density at radius 2 is 1.91 bits per heavy atom. The summed E-state index contributed by atoms with van der Waals surface area (Å²) < 4.78 is 18.6. The molecule has 120 valence electrons. The molecule has 2 aromatic carbocycles. The van der Waals surface area contributed by atoms with E-state index in [0.29, 0.717) is 11.3 Å². The van der Waals surface area contributed by atoms with Crippen LogP contribution in [-0.2, 0) is 4.79 Å². The lowest BCUT2D eigenvalue weighted by Gasteiger charge is -2.10. The van der Waals surface area contributed by atoms with Crippen LogP contribution in [0.15, 0.2) is 48.5 Å². The van der Waals surface area contributed by atoms with Gasteiger partial charge >= 0.3 is 0 Å². The number of amides is 1. The lowest BCUT2D eigenvalue weighted by Crippen LogP contribution is -2.08. The van der Waals surface area contributed by atoms with Crippen molar-refractivity contribution in [2.45, 2.75) is 20.0 Å². The SMILES string of the molecule is CC(C)Oc1ccc(NC(=O)/C=C/c2ccc(F)c(N)c2)cc1. The summed E-state index contributed by atoms with van der Waals surface area (Å²) in [7, 11) is 0. The van der Waals surface area contributed by atoms with Crippen LogP contribution in [-0.4, -0.2) is 12.0 Å². The first-order valence-electron chi connectivity index (χ1n) is 7.25. The summed E-state index contributed by atoms with van der Waals surface area (Å²) in [5.41, 5.74) is 6.84. The van der Waals surface area contributed by atoms with Crippen LogP contribution in [0.25, 0.3) is 6.08 Å². The van der Waals surface area contributed by atoms with E-state index in [1.54, 1.807) is 36.4 Å². The van der Waals surface area contributed by atoms with E-state index in [4.69, 9.17) is 10.5 Å². The van der Waals surface area contributed by atoms with Gasteiger partial charge in [-0.3, -0.25) is 4.79 Å². The number of halogens is 1. The van der Waals surface area contributed by atoms with Gasteiger partial charge in [0.1, 0.15) is 11.6 Å². The van der Waals surface area contributed by atoms with E-state index < -0.39 is 5.82 Å². The molecule has 0 spiro atoms. The molecule has 0 aliphatic heterocycles. The molecule has 0 heterocycles. The van der Waals surface area contributed by atoms with Gasteiger partial charge in [-0.1, -0.05) is 6.07 Å². The van der Waals surface area contributed by atoms with Gasteiger partial charge in [-0.15, -0.1) is 0 Å². The Morgan fingerprint density at radius 1 is 1.22 bits per heavy atom. The summed E-state index contributed by atoms with van der Waals surface area (Å²) >= 11 is 0. The monoisotopic (exact) mass is 314 g/mol. The molecule has 0 saturated carbocycles. The van der Waals surface area contributed by atoms with Gasteiger partial charge < -0.3 is 15.8 Å². The minimum Gasteiger partial charge on any atom is -0.491 e. The van der Waals surface area contributed by atoms with E-state index in [1.807, 2.05) is 13.8 Å². The van der Waals surface area contributed by atoms with Gasteiger partial charge in [-0.25, -0.2) is 4.39 Å². The van der Waals surface area contributed by atoms with Crippen molar-refractivity contribution in [3.05, 3.63) is 59.9 Å². The molecule has 0 bridgehead atoms. The van der Waals surface area contributed by atoms with Gasteiger partial charge in [-0.2, -0.15) is 0 Å². The summed E-state index contributed by atoms with van der Waals surface area (Å²) in [5.74, 6) is -0.0175. The summed E-state index contributed by atoms with van der Waals surface area (Å²) in [4.78, 5) is 11.9. The van der Waals surface area contributed by atoms with Crippen LogP contribution in [0.3, 0.4) is 0 Å². The van der Waals surface area contributed by atoms with Crippen molar-refractivity contribution in [3.63, 3.8) is 0 Å². The van der Waals surface area contributed by atoms with Crippen LogP contribution < -0.4 is 15.8 Å². The topological polar surface area (TPSA) is 64.3 Å². The number of hydrogen-bond donors (Lipinski definition) is 2. The lowest BCUT2D eigenvalue weighted by atomic mass is 10.2. The molecule has 1 amide bonds. The van der Waals surface area contributed by atoms with Crippen molar-refractivity contribution in [1.82, 2.24) is 0 Å². The molecule has 0 saturated heterocycles. The second-order valence-corrected chi connectivity index (χ2v) is 5.29. The third kappa shape index (κ3) is 5.14. The zero-order valence-electron chi connectivity index (χ0n) is 13.0. The highest BCUT2D eigenvalue weighted by Crippen LogP contribution is 2.17. The van der Waals surface area contributed by atoms with Gasteiger partial charge in [0.15, 0.2) is 0 Å². The molecule has 5 heteroatoms. The predicted octanol–water partition coefficient (Wildman–Crippen LogP) is 3.85. The Hall–Kier alpha value is -2.82. The number of nitrogens with one attached hydrogen (secondary N) is 1. The van der Waals surface area contributed by atoms with Crippen LogP contribution in [0.5, 0.6) is 5.75 Å². The number of carbonyl (C=O) groups excluding carboxylic acids is 1. The molecule has 0 atom stereocenters. The lowest BCUT2D eigenvalue weighted by molar-refractivity contribution is -0.111. The summed E-state index contributed by atoms with van der Waals surface area (Å²) in [6, 6.07) is 11.4. The van der Waals surface area contributed by atoms with Crippen LogP contribution in [0, 0.1) is 5.82 Å². The Labute approximate surface area is 134 Å². The third-order valence-electron chi connectivity index (χ3n) is 2.94. The number of nitrogens with two attached hydrogens (primary N) is 1. The number of carbonyl (C=O) groups is 1. The second-order valence-electron chi connectivity index (χ2n) is 5.29. The number of nitrogen functional groups attached to an aromatic ring is 1. The highest BCUT2D eigenvalue weighted by Gasteiger charge is 2.01. The Balaban J connectivity index is 1.96. The number of benzene rings is 2. The molecule has 4 nitrogen and oxygen atoms in total. The second kappa shape index (κ2) is 7.45. The zero-order valence-corrected chi connectivity index (χ0v) is 13.0. The van der Waals surface area contributed by atoms with Gasteiger partial charge in [0.25, 0.3) is 0 Å². The molecule has 0 aliphatic carbocycles. The van der Waals surface area contributed by atoms with Gasteiger partial charge in [0.2, 0.25) is 5.91 Å². The van der Waals surface area contributed by atoms with E-state index >= 15 is 0 Å². The maximum atomic E-state index is 13.1. The predicted molar refractivity (Wildman–Crippen MR) is 90.7 cm³/mol. The highest BCUT2D eigenvalue weighted by molar-refractivity contribution is 6.01. The summed E-state index contributed by atoms with van der Waals surface area (Å²) in [5, 5.41) is 2.73. The quantitative estimate of drug-likeness (QED) is 0.651. The fourth-order valence-electron chi connectivity index (χ4n) is 1.91. The van der Waals surface area contributed by atoms with Gasteiger partial charge in [0.05, 0.1) is 11.8 Å². The Bertz CT molecular complexity index is 709. The summed E-state index contributed by atoms with van der Waals surface area (Å²) in [6.45, 7) is 3.89. The van der Waals surface area contributed by atoms with Crippen LogP contribution in [0.1, 0.15) is 19.4 Å². The van der Waals surface area contributed by atoms with Crippen LogP contribution >= 0.6 is 0 Å². The molecule has 0 fully saturated rings. The Morgan fingerprint density at radius 3 is 2.52 bits per heavy atom. The van der Waals surface area contributed by atoms with E-state index in [-0.39, 0.29) is 17.7 Å². The minimum absolute atomic E-state index is 0.0494. The standard InChI is InChI=1S/C18H19FN2O2/c1-12(2)23-15-7-5-14(6-8-15)21-18(22)10-4-13-3-9-16(19)17(20)11-13/h3-12H,20H2,1-2H3,(H,21,22)/b10-4+. The maximum absolute atomic E-state index is 13.1. The number of rotatable bonds is 5. The molecule has 0 radical (unpaired) electrons. The average Bonchev–Trinajstić information content (AvgIpc) is 2.50. The first kappa shape index (κ1) is 16.5. The van der Waals surface area contributed by atoms with E-state index in [9.17, 15) is 9.18 Å². The van der Waals surface area contributed by atoms with Gasteiger partial charge in [-0.05, 0) is 61.9 Å². The maximum Gasteiger partial charge on any atom is 0.248 e. The number of hydrogen-bond acceptors (Lipinski definition) is 3. The zero-order chi connectivity index (χ0) is 16.8.